The fourth-order valence-corrected chi connectivity index (χ4v) is 1.92. The molecule has 0 amide bonds. The Bertz CT molecular complexity index is 659. The lowest BCUT2D eigenvalue weighted by Crippen LogP contribution is -2.08. The molecule has 0 aliphatic carbocycles. The Morgan fingerprint density at radius 3 is 2.80 bits per heavy atom. The lowest BCUT2D eigenvalue weighted by Gasteiger charge is -2.06. The third-order valence-corrected chi connectivity index (χ3v) is 2.95. The molecule has 2 aromatic rings. The second-order valence-corrected chi connectivity index (χ2v) is 4.51. The minimum Gasteiger partial charge on any atom is -0.461 e. The maximum atomic E-state index is 11.8. The SMILES string of the molecule is CCOC(=O)c1nn(-c2cc(C)ccc2C)cc1C=O. The number of carbonyl (C=O) groups excluding carboxylic acids is 2. The molecule has 0 unspecified atom stereocenters. The lowest BCUT2D eigenvalue weighted by molar-refractivity contribution is 0.0517. The van der Waals surface area contributed by atoms with Gasteiger partial charge in [-0.25, -0.2) is 9.48 Å². The number of rotatable bonds is 4. The topological polar surface area (TPSA) is 61.2 Å². The number of aromatic nitrogens is 2. The van der Waals surface area contributed by atoms with E-state index in [1.54, 1.807) is 17.8 Å². The van der Waals surface area contributed by atoms with Crippen LogP contribution in [0.3, 0.4) is 0 Å². The first kappa shape index (κ1) is 14.0. The number of benzene rings is 1. The van der Waals surface area contributed by atoms with E-state index in [1.807, 2.05) is 32.0 Å². The number of nitrogens with zero attached hydrogens (tertiary/aromatic N) is 2. The molecule has 1 aromatic carbocycles. The van der Waals surface area contributed by atoms with E-state index in [1.165, 1.54) is 0 Å². The van der Waals surface area contributed by atoms with Crippen molar-refractivity contribution in [2.24, 2.45) is 0 Å². The molecule has 0 aliphatic rings. The van der Waals surface area contributed by atoms with E-state index in [0.29, 0.717) is 6.29 Å². The Balaban J connectivity index is 2.51. The molecule has 2 rings (SSSR count). The number of aryl methyl sites for hydroxylation is 2. The first-order chi connectivity index (χ1) is 9.56. The van der Waals surface area contributed by atoms with E-state index in [4.69, 9.17) is 4.74 Å². The molecule has 1 aromatic heterocycles. The Morgan fingerprint density at radius 2 is 2.15 bits per heavy atom. The van der Waals surface area contributed by atoms with Crippen LogP contribution < -0.4 is 0 Å². The zero-order valence-corrected chi connectivity index (χ0v) is 11.7. The lowest BCUT2D eigenvalue weighted by atomic mass is 10.1. The molecule has 0 radical (unpaired) electrons. The Morgan fingerprint density at radius 1 is 1.40 bits per heavy atom. The van der Waals surface area contributed by atoms with Crippen LogP contribution in [0.2, 0.25) is 0 Å². The zero-order chi connectivity index (χ0) is 14.7. The van der Waals surface area contributed by atoms with Crippen LogP contribution in [0.5, 0.6) is 0 Å². The molecule has 5 heteroatoms. The third-order valence-electron chi connectivity index (χ3n) is 2.95. The summed E-state index contributed by atoms with van der Waals surface area (Å²) < 4.78 is 6.44. The van der Waals surface area contributed by atoms with E-state index in [0.717, 1.165) is 16.8 Å². The van der Waals surface area contributed by atoms with Crippen molar-refractivity contribution in [3.05, 3.63) is 46.8 Å². The first-order valence-electron chi connectivity index (χ1n) is 6.36. The van der Waals surface area contributed by atoms with Crippen molar-refractivity contribution in [2.75, 3.05) is 6.61 Å². The minimum absolute atomic E-state index is 0.0442. The molecule has 0 saturated carbocycles. The van der Waals surface area contributed by atoms with Crippen molar-refractivity contribution in [3.63, 3.8) is 0 Å². The molecule has 104 valence electrons. The summed E-state index contributed by atoms with van der Waals surface area (Å²) in [6.07, 6.45) is 2.15. The Labute approximate surface area is 117 Å². The molecular weight excluding hydrogens is 256 g/mol. The molecule has 0 N–H and O–H groups in total. The average Bonchev–Trinajstić information content (AvgIpc) is 2.86. The number of carbonyl (C=O) groups is 2. The summed E-state index contributed by atoms with van der Waals surface area (Å²) in [5.74, 6) is -0.585. The van der Waals surface area contributed by atoms with Gasteiger partial charge in [0.25, 0.3) is 0 Å². The van der Waals surface area contributed by atoms with Crippen molar-refractivity contribution in [1.82, 2.24) is 9.78 Å². The second kappa shape index (κ2) is 5.69. The molecule has 20 heavy (non-hydrogen) atoms. The van der Waals surface area contributed by atoms with Crippen LogP contribution in [0.4, 0.5) is 0 Å². The highest BCUT2D eigenvalue weighted by Crippen LogP contribution is 2.17. The van der Waals surface area contributed by atoms with Crippen molar-refractivity contribution in [2.45, 2.75) is 20.8 Å². The van der Waals surface area contributed by atoms with E-state index >= 15 is 0 Å². The zero-order valence-electron chi connectivity index (χ0n) is 11.7. The van der Waals surface area contributed by atoms with Gasteiger partial charge in [-0.05, 0) is 38.0 Å². The number of ether oxygens (including phenoxy) is 1. The van der Waals surface area contributed by atoms with E-state index in [9.17, 15) is 9.59 Å². The molecule has 0 atom stereocenters. The van der Waals surface area contributed by atoms with Gasteiger partial charge in [0, 0.05) is 6.20 Å². The molecule has 0 spiro atoms. The van der Waals surface area contributed by atoms with Crippen LogP contribution in [-0.4, -0.2) is 28.6 Å². The van der Waals surface area contributed by atoms with Gasteiger partial charge in [-0.15, -0.1) is 0 Å². The normalized spacial score (nSPS) is 10.3. The largest absolute Gasteiger partial charge is 0.461 e. The van der Waals surface area contributed by atoms with Gasteiger partial charge in [-0.2, -0.15) is 5.10 Å². The minimum atomic E-state index is -0.585. The fourth-order valence-electron chi connectivity index (χ4n) is 1.92. The molecule has 5 nitrogen and oxygen atoms in total. The van der Waals surface area contributed by atoms with Gasteiger partial charge in [-0.1, -0.05) is 12.1 Å². The second-order valence-electron chi connectivity index (χ2n) is 4.51. The Hall–Kier alpha value is -2.43. The fraction of sp³-hybridized carbons (Fsp3) is 0.267. The molecule has 0 aliphatic heterocycles. The van der Waals surface area contributed by atoms with E-state index in [2.05, 4.69) is 5.10 Å². The van der Waals surface area contributed by atoms with Gasteiger partial charge in [0.1, 0.15) is 0 Å². The summed E-state index contributed by atoms with van der Waals surface area (Å²) in [4.78, 5) is 22.8. The van der Waals surface area contributed by atoms with Crippen molar-refractivity contribution >= 4 is 12.3 Å². The summed E-state index contributed by atoms with van der Waals surface area (Å²) in [5.41, 5.74) is 3.19. The van der Waals surface area contributed by atoms with Gasteiger partial charge < -0.3 is 4.74 Å². The van der Waals surface area contributed by atoms with Crippen LogP contribution >= 0.6 is 0 Å². The highest BCUT2D eigenvalue weighted by molar-refractivity contribution is 5.96. The molecule has 0 saturated heterocycles. The quantitative estimate of drug-likeness (QED) is 0.633. The Kier molecular flexibility index (Phi) is 3.98. The van der Waals surface area contributed by atoms with Crippen LogP contribution in [0.15, 0.2) is 24.4 Å². The maximum absolute atomic E-state index is 11.8. The van der Waals surface area contributed by atoms with Gasteiger partial charge >= 0.3 is 5.97 Å². The van der Waals surface area contributed by atoms with Gasteiger partial charge in [-0.3, -0.25) is 4.79 Å². The molecular formula is C15H16N2O3. The monoisotopic (exact) mass is 272 g/mol. The molecule has 1 heterocycles. The number of aldehydes is 1. The molecule has 0 bridgehead atoms. The van der Waals surface area contributed by atoms with Crippen LogP contribution in [-0.2, 0) is 4.74 Å². The van der Waals surface area contributed by atoms with Gasteiger partial charge in [0.05, 0.1) is 17.9 Å². The maximum Gasteiger partial charge on any atom is 0.359 e. The van der Waals surface area contributed by atoms with Crippen molar-refractivity contribution in [3.8, 4) is 5.69 Å². The smallest absolute Gasteiger partial charge is 0.359 e. The predicted molar refractivity (Wildman–Crippen MR) is 74.4 cm³/mol. The summed E-state index contributed by atoms with van der Waals surface area (Å²) in [7, 11) is 0. The number of esters is 1. The third kappa shape index (κ3) is 2.61. The standard InChI is InChI=1S/C15H16N2O3/c1-4-20-15(19)14-12(9-18)8-17(16-14)13-7-10(2)5-6-11(13)3/h5-9H,4H2,1-3H3. The highest BCUT2D eigenvalue weighted by Gasteiger charge is 2.18. The number of hydrogen-bond acceptors (Lipinski definition) is 4. The van der Waals surface area contributed by atoms with E-state index in [-0.39, 0.29) is 17.9 Å². The van der Waals surface area contributed by atoms with Gasteiger partial charge in [0.15, 0.2) is 12.0 Å². The van der Waals surface area contributed by atoms with Gasteiger partial charge in [0.2, 0.25) is 0 Å². The summed E-state index contributed by atoms with van der Waals surface area (Å²) in [6.45, 7) is 5.87. The van der Waals surface area contributed by atoms with Crippen LogP contribution in [0, 0.1) is 13.8 Å². The van der Waals surface area contributed by atoms with Crippen LogP contribution in [0.25, 0.3) is 5.69 Å². The summed E-state index contributed by atoms with van der Waals surface area (Å²) in [6, 6.07) is 5.91. The van der Waals surface area contributed by atoms with Crippen molar-refractivity contribution < 1.29 is 14.3 Å². The molecule has 0 fully saturated rings. The average molecular weight is 272 g/mol. The van der Waals surface area contributed by atoms with Crippen LogP contribution in [0.1, 0.15) is 38.9 Å². The predicted octanol–water partition coefficient (Wildman–Crippen LogP) is 2.48. The number of hydrogen-bond donors (Lipinski definition) is 0. The summed E-state index contributed by atoms with van der Waals surface area (Å²) >= 11 is 0. The highest BCUT2D eigenvalue weighted by atomic mass is 16.5. The van der Waals surface area contributed by atoms with Crippen molar-refractivity contribution in [1.29, 1.82) is 0 Å². The first-order valence-corrected chi connectivity index (χ1v) is 6.36. The van der Waals surface area contributed by atoms with E-state index < -0.39 is 5.97 Å². The summed E-state index contributed by atoms with van der Waals surface area (Å²) in [5, 5.41) is 4.18.